The molecule has 1 saturated heterocycles. The largest absolute Gasteiger partial charge is 0.469 e. The fourth-order valence-corrected chi connectivity index (χ4v) is 1.90. The molecule has 1 rings (SSSR count). The zero-order chi connectivity index (χ0) is 12.5. The second kappa shape index (κ2) is 7.92. The number of hydrogen-bond donors (Lipinski definition) is 1. The van der Waals surface area contributed by atoms with E-state index in [0.717, 1.165) is 45.2 Å². The van der Waals surface area contributed by atoms with E-state index >= 15 is 0 Å². The van der Waals surface area contributed by atoms with E-state index in [1.165, 1.54) is 7.11 Å². The molecule has 0 aromatic heterocycles. The number of amides is 2. The van der Waals surface area contributed by atoms with Gasteiger partial charge in [-0.1, -0.05) is 6.42 Å². The van der Waals surface area contributed by atoms with E-state index in [1.807, 2.05) is 4.90 Å². The van der Waals surface area contributed by atoms with Gasteiger partial charge in [0.15, 0.2) is 0 Å². The minimum absolute atomic E-state index is 0.0514. The van der Waals surface area contributed by atoms with Crippen molar-refractivity contribution in [3.05, 3.63) is 0 Å². The third kappa shape index (κ3) is 5.56. The van der Waals surface area contributed by atoms with E-state index < -0.39 is 0 Å². The number of nitrogens with one attached hydrogen (secondary N) is 1. The summed E-state index contributed by atoms with van der Waals surface area (Å²) in [6, 6.07) is 0.0514. The predicted octanol–water partition coefficient (Wildman–Crippen LogP) is 1.53. The molecule has 2 amide bonds. The van der Waals surface area contributed by atoms with Crippen LogP contribution in [0.4, 0.5) is 4.79 Å². The molecule has 98 valence electrons. The molecular weight excluding hydrogens is 220 g/mol. The average Bonchev–Trinajstić information content (AvgIpc) is 2.86. The van der Waals surface area contributed by atoms with Gasteiger partial charge in [0.25, 0.3) is 0 Å². The van der Waals surface area contributed by atoms with Crippen molar-refractivity contribution in [3.8, 4) is 0 Å². The number of methoxy groups -OCH3 is 1. The quantitative estimate of drug-likeness (QED) is 0.567. The van der Waals surface area contributed by atoms with E-state index in [1.54, 1.807) is 0 Å². The normalized spacial score (nSPS) is 14.8. The van der Waals surface area contributed by atoms with Crippen LogP contribution in [0.1, 0.15) is 38.5 Å². The monoisotopic (exact) mass is 242 g/mol. The lowest BCUT2D eigenvalue weighted by atomic mass is 10.2. The molecule has 0 unspecified atom stereocenters. The van der Waals surface area contributed by atoms with Gasteiger partial charge in [0.1, 0.15) is 0 Å². The first-order valence-electron chi connectivity index (χ1n) is 6.33. The van der Waals surface area contributed by atoms with Crippen LogP contribution in [-0.4, -0.2) is 43.6 Å². The highest BCUT2D eigenvalue weighted by atomic mass is 16.5. The number of likely N-dealkylation sites (tertiary alicyclic amines) is 1. The second-order valence-electron chi connectivity index (χ2n) is 4.31. The van der Waals surface area contributed by atoms with Gasteiger partial charge in [0.2, 0.25) is 0 Å². The Labute approximate surface area is 102 Å². The number of urea groups is 1. The van der Waals surface area contributed by atoms with Crippen molar-refractivity contribution in [1.29, 1.82) is 0 Å². The van der Waals surface area contributed by atoms with E-state index in [0.29, 0.717) is 13.0 Å². The topological polar surface area (TPSA) is 58.6 Å². The molecule has 0 atom stereocenters. The minimum atomic E-state index is -0.161. The molecule has 1 aliphatic rings. The molecule has 0 aromatic carbocycles. The molecule has 0 aromatic rings. The van der Waals surface area contributed by atoms with E-state index in [9.17, 15) is 9.59 Å². The number of ether oxygens (including phenoxy) is 1. The summed E-state index contributed by atoms with van der Waals surface area (Å²) in [5.74, 6) is -0.161. The summed E-state index contributed by atoms with van der Waals surface area (Å²) in [4.78, 5) is 24.3. The van der Waals surface area contributed by atoms with Crippen LogP contribution in [-0.2, 0) is 9.53 Å². The van der Waals surface area contributed by atoms with Gasteiger partial charge < -0.3 is 15.0 Å². The van der Waals surface area contributed by atoms with Crippen LogP contribution in [0.25, 0.3) is 0 Å². The van der Waals surface area contributed by atoms with Gasteiger partial charge in [0, 0.05) is 26.1 Å². The van der Waals surface area contributed by atoms with Crippen molar-refractivity contribution >= 4 is 12.0 Å². The molecule has 0 radical (unpaired) electrons. The van der Waals surface area contributed by atoms with Crippen LogP contribution < -0.4 is 5.32 Å². The Bertz CT molecular complexity index is 250. The van der Waals surface area contributed by atoms with E-state index in [4.69, 9.17) is 0 Å². The third-order valence-electron chi connectivity index (χ3n) is 2.95. The number of esters is 1. The Hall–Kier alpha value is -1.26. The van der Waals surface area contributed by atoms with Crippen molar-refractivity contribution in [1.82, 2.24) is 10.2 Å². The molecule has 17 heavy (non-hydrogen) atoms. The highest BCUT2D eigenvalue weighted by Crippen LogP contribution is 2.07. The van der Waals surface area contributed by atoms with Crippen molar-refractivity contribution in [2.24, 2.45) is 0 Å². The van der Waals surface area contributed by atoms with E-state index in [2.05, 4.69) is 10.1 Å². The van der Waals surface area contributed by atoms with Crippen molar-refractivity contribution in [2.45, 2.75) is 38.5 Å². The summed E-state index contributed by atoms with van der Waals surface area (Å²) in [7, 11) is 1.40. The van der Waals surface area contributed by atoms with Crippen molar-refractivity contribution in [3.63, 3.8) is 0 Å². The number of nitrogens with zero attached hydrogens (tertiary/aromatic N) is 1. The summed E-state index contributed by atoms with van der Waals surface area (Å²) >= 11 is 0. The molecule has 0 aliphatic carbocycles. The molecular formula is C12H22N2O3. The maximum atomic E-state index is 11.6. The molecule has 5 nitrogen and oxygen atoms in total. The van der Waals surface area contributed by atoms with Gasteiger partial charge in [-0.2, -0.15) is 0 Å². The summed E-state index contributed by atoms with van der Waals surface area (Å²) in [5.41, 5.74) is 0. The SMILES string of the molecule is COC(=O)CCCCCNC(=O)N1CCCC1. The Balaban J connectivity index is 1.93. The predicted molar refractivity (Wildman–Crippen MR) is 64.7 cm³/mol. The van der Waals surface area contributed by atoms with Crippen LogP contribution in [0, 0.1) is 0 Å². The molecule has 1 fully saturated rings. The molecule has 0 saturated carbocycles. The summed E-state index contributed by atoms with van der Waals surface area (Å²) in [6.07, 6.45) is 5.38. The number of hydrogen-bond acceptors (Lipinski definition) is 3. The van der Waals surface area contributed by atoms with Gasteiger partial charge in [-0.05, 0) is 25.7 Å². The Morgan fingerprint density at radius 3 is 2.53 bits per heavy atom. The standard InChI is InChI=1S/C12H22N2O3/c1-17-11(15)7-3-2-4-8-13-12(16)14-9-5-6-10-14/h2-10H2,1H3,(H,13,16). The molecule has 0 spiro atoms. The molecule has 5 heteroatoms. The number of unbranched alkanes of at least 4 members (excludes halogenated alkanes) is 2. The number of carbonyl (C=O) groups is 2. The maximum Gasteiger partial charge on any atom is 0.317 e. The van der Waals surface area contributed by atoms with Gasteiger partial charge in [-0.25, -0.2) is 4.79 Å². The highest BCUT2D eigenvalue weighted by Gasteiger charge is 2.16. The summed E-state index contributed by atoms with van der Waals surface area (Å²) < 4.78 is 4.55. The van der Waals surface area contributed by atoms with Crippen molar-refractivity contribution in [2.75, 3.05) is 26.7 Å². The van der Waals surface area contributed by atoms with E-state index in [-0.39, 0.29) is 12.0 Å². The minimum Gasteiger partial charge on any atom is -0.469 e. The third-order valence-corrected chi connectivity index (χ3v) is 2.95. The lowest BCUT2D eigenvalue weighted by Gasteiger charge is -2.15. The van der Waals surface area contributed by atoms with Crippen molar-refractivity contribution < 1.29 is 14.3 Å². The van der Waals surface area contributed by atoms with Gasteiger partial charge in [0.05, 0.1) is 7.11 Å². The summed E-state index contributed by atoms with van der Waals surface area (Å²) in [6.45, 7) is 2.46. The first-order chi connectivity index (χ1) is 8.24. The first-order valence-corrected chi connectivity index (χ1v) is 6.33. The van der Waals surface area contributed by atoms with Crippen LogP contribution in [0.3, 0.4) is 0 Å². The number of carbonyl (C=O) groups excluding carboxylic acids is 2. The summed E-state index contributed by atoms with van der Waals surface area (Å²) in [5, 5.41) is 2.90. The molecule has 1 heterocycles. The molecule has 0 bridgehead atoms. The Kier molecular flexibility index (Phi) is 6.43. The zero-order valence-corrected chi connectivity index (χ0v) is 10.5. The fourth-order valence-electron chi connectivity index (χ4n) is 1.90. The maximum absolute atomic E-state index is 11.6. The van der Waals surface area contributed by atoms with Gasteiger partial charge in [-0.15, -0.1) is 0 Å². The van der Waals surface area contributed by atoms with Crippen LogP contribution in [0.5, 0.6) is 0 Å². The van der Waals surface area contributed by atoms with Crippen LogP contribution >= 0.6 is 0 Å². The Morgan fingerprint density at radius 1 is 1.18 bits per heavy atom. The molecule has 1 N–H and O–H groups in total. The molecule has 1 aliphatic heterocycles. The lowest BCUT2D eigenvalue weighted by Crippen LogP contribution is -2.38. The van der Waals surface area contributed by atoms with Crippen LogP contribution in [0.15, 0.2) is 0 Å². The first kappa shape index (κ1) is 13.8. The zero-order valence-electron chi connectivity index (χ0n) is 10.5. The smallest absolute Gasteiger partial charge is 0.317 e. The Morgan fingerprint density at radius 2 is 1.88 bits per heavy atom. The second-order valence-corrected chi connectivity index (χ2v) is 4.31. The fraction of sp³-hybridized carbons (Fsp3) is 0.833. The average molecular weight is 242 g/mol. The highest BCUT2D eigenvalue weighted by molar-refractivity contribution is 5.74. The lowest BCUT2D eigenvalue weighted by molar-refractivity contribution is -0.140. The van der Waals surface area contributed by atoms with Crippen LogP contribution in [0.2, 0.25) is 0 Å². The number of rotatable bonds is 6. The van der Waals surface area contributed by atoms with Gasteiger partial charge in [-0.3, -0.25) is 4.79 Å². The van der Waals surface area contributed by atoms with Gasteiger partial charge >= 0.3 is 12.0 Å².